The van der Waals surface area contributed by atoms with E-state index in [1.54, 1.807) is 18.2 Å². The molecule has 0 aliphatic heterocycles. The lowest BCUT2D eigenvalue weighted by atomic mass is 10.0. The lowest BCUT2D eigenvalue weighted by molar-refractivity contribution is -0.136. The molecule has 0 fully saturated rings. The third-order valence-corrected chi connectivity index (χ3v) is 4.26. The molecule has 0 saturated carbocycles. The number of sulfone groups is 1. The quantitative estimate of drug-likeness (QED) is 0.922. The molecule has 0 aliphatic rings. The maximum Gasteiger partial charge on any atom is 0.303 e. The van der Waals surface area contributed by atoms with Gasteiger partial charge in [-0.25, -0.2) is 8.42 Å². The summed E-state index contributed by atoms with van der Waals surface area (Å²) in [7, 11) is -3.24. The van der Waals surface area contributed by atoms with E-state index in [2.05, 4.69) is 0 Å². The molecule has 0 atom stereocenters. The summed E-state index contributed by atoms with van der Waals surface area (Å²) >= 11 is 0. The lowest BCUT2D eigenvalue weighted by Crippen LogP contribution is -1.98. The molecule has 5 heteroatoms. The largest absolute Gasteiger partial charge is 0.481 e. The summed E-state index contributed by atoms with van der Waals surface area (Å²) in [5.74, 6) is -0.834. The number of hydrogen-bond acceptors (Lipinski definition) is 3. The van der Waals surface area contributed by atoms with Crippen LogP contribution in [0, 0.1) is 0 Å². The zero-order valence-electron chi connectivity index (χ0n) is 11.6. The standard InChI is InChI=1S/C16H16O4S/c1-21(19,20)15-7-3-6-14(11-15)13-5-2-4-12(10-13)8-9-16(17)18/h2-7,10-11H,8-9H2,1H3,(H,17,18). The number of carboxylic acids is 1. The van der Waals surface area contributed by atoms with Crippen molar-refractivity contribution in [2.45, 2.75) is 17.7 Å². The first-order chi connectivity index (χ1) is 9.86. The average Bonchev–Trinajstić information content (AvgIpc) is 2.45. The minimum atomic E-state index is -3.24. The van der Waals surface area contributed by atoms with Gasteiger partial charge in [-0.1, -0.05) is 36.4 Å². The van der Waals surface area contributed by atoms with E-state index < -0.39 is 15.8 Å². The molecule has 0 amide bonds. The number of carboxylic acid groups (broad SMARTS) is 1. The topological polar surface area (TPSA) is 71.4 Å². The molecule has 21 heavy (non-hydrogen) atoms. The molecule has 4 nitrogen and oxygen atoms in total. The monoisotopic (exact) mass is 304 g/mol. The molecule has 2 aromatic carbocycles. The van der Waals surface area contributed by atoms with Crippen LogP contribution in [0.3, 0.4) is 0 Å². The van der Waals surface area contributed by atoms with Gasteiger partial charge in [-0.2, -0.15) is 0 Å². The molecule has 0 radical (unpaired) electrons. The Balaban J connectivity index is 2.34. The number of aryl methyl sites for hydroxylation is 1. The Morgan fingerprint density at radius 2 is 1.67 bits per heavy atom. The van der Waals surface area contributed by atoms with Crippen molar-refractivity contribution in [2.24, 2.45) is 0 Å². The van der Waals surface area contributed by atoms with Crippen LogP contribution in [-0.2, 0) is 21.1 Å². The van der Waals surface area contributed by atoms with Crippen LogP contribution in [-0.4, -0.2) is 25.7 Å². The Hall–Kier alpha value is -2.14. The van der Waals surface area contributed by atoms with Gasteiger partial charge in [-0.05, 0) is 35.2 Å². The van der Waals surface area contributed by atoms with E-state index in [4.69, 9.17) is 5.11 Å². The van der Waals surface area contributed by atoms with Crippen molar-refractivity contribution in [2.75, 3.05) is 6.26 Å². The van der Waals surface area contributed by atoms with Crippen LogP contribution in [0.15, 0.2) is 53.4 Å². The maximum absolute atomic E-state index is 11.6. The molecular weight excluding hydrogens is 288 g/mol. The number of carbonyl (C=O) groups is 1. The highest BCUT2D eigenvalue weighted by Crippen LogP contribution is 2.23. The maximum atomic E-state index is 11.6. The van der Waals surface area contributed by atoms with Gasteiger partial charge in [0.2, 0.25) is 0 Å². The van der Waals surface area contributed by atoms with Crippen LogP contribution in [0.4, 0.5) is 0 Å². The first-order valence-corrected chi connectivity index (χ1v) is 8.36. The smallest absolute Gasteiger partial charge is 0.303 e. The van der Waals surface area contributed by atoms with E-state index >= 15 is 0 Å². The average molecular weight is 304 g/mol. The van der Waals surface area contributed by atoms with Crippen molar-refractivity contribution < 1.29 is 18.3 Å². The predicted octanol–water partition coefficient (Wildman–Crippen LogP) is 2.77. The lowest BCUT2D eigenvalue weighted by Gasteiger charge is -2.06. The summed E-state index contributed by atoms with van der Waals surface area (Å²) in [6, 6.07) is 14.2. The minimum Gasteiger partial charge on any atom is -0.481 e. The van der Waals surface area contributed by atoms with Crippen molar-refractivity contribution in [1.82, 2.24) is 0 Å². The van der Waals surface area contributed by atoms with E-state index in [0.717, 1.165) is 16.7 Å². The Kier molecular flexibility index (Phi) is 4.43. The number of hydrogen-bond donors (Lipinski definition) is 1. The first kappa shape index (κ1) is 15.3. The molecule has 0 spiro atoms. The van der Waals surface area contributed by atoms with Gasteiger partial charge in [0.1, 0.15) is 0 Å². The van der Waals surface area contributed by atoms with Crippen molar-refractivity contribution in [3.8, 4) is 11.1 Å². The minimum absolute atomic E-state index is 0.0762. The van der Waals surface area contributed by atoms with Gasteiger partial charge in [-0.15, -0.1) is 0 Å². The normalized spacial score (nSPS) is 11.3. The summed E-state index contributed by atoms with van der Waals surface area (Å²) in [6.07, 6.45) is 1.71. The fourth-order valence-electron chi connectivity index (χ4n) is 2.06. The Labute approximate surface area is 124 Å². The molecule has 0 saturated heterocycles. The first-order valence-electron chi connectivity index (χ1n) is 6.47. The van der Waals surface area contributed by atoms with Gasteiger partial charge in [0.05, 0.1) is 4.90 Å². The molecular formula is C16H16O4S. The van der Waals surface area contributed by atoms with E-state index in [1.165, 1.54) is 6.26 Å². The third-order valence-electron chi connectivity index (χ3n) is 3.15. The van der Waals surface area contributed by atoms with Gasteiger partial charge in [0.25, 0.3) is 0 Å². The summed E-state index contributed by atoms with van der Waals surface area (Å²) in [4.78, 5) is 10.9. The Morgan fingerprint density at radius 1 is 1.05 bits per heavy atom. The van der Waals surface area contributed by atoms with Crippen molar-refractivity contribution in [1.29, 1.82) is 0 Å². The van der Waals surface area contributed by atoms with Gasteiger partial charge in [-0.3, -0.25) is 4.79 Å². The van der Waals surface area contributed by atoms with E-state index in [9.17, 15) is 13.2 Å². The summed E-state index contributed by atoms with van der Waals surface area (Å²) in [6.45, 7) is 0. The molecule has 0 aromatic heterocycles. The highest BCUT2D eigenvalue weighted by atomic mass is 32.2. The van der Waals surface area contributed by atoms with E-state index in [1.807, 2.05) is 30.3 Å². The zero-order chi connectivity index (χ0) is 15.5. The molecule has 2 rings (SSSR count). The van der Waals surface area contributed by atoms with Gasteiger partial charge >= 0.3 is 5.97 Å². The summed E-state index contributed by atoms with van der Waals surface area (Å²) < 4.78 is 23.2. The Morgan fingerprint density at radius 3 is 2.29 bits per heavy atom. The highest BCUT2D eigenvalue weighted by molar-refractivity contribution is 7.90. The van der Waals surface area contributed by atoms with Crippen LogP contribution in [0.2, 0.25) is 0 Å². The van der Waals surface area contributed by atoms with Crippen LogP contribution >= 0.6 is 0 Å². The molecule has 0 bridgehead atoms. The van der Waals surface area contributed by atoms with Crippen molar-refractivity contribution in [3.05, 3.63) is 54.1 Å². The van der Waals surface area contributed by atoms with Crippen LogP contribution in [0.1, 0.15) is 12.0 Å². The van der Waals surface area contributed by atoms with Gasteiger partial charge in [0.15, 0.2) is 9.84 Å². The van der Waals surface area contributed by atoms with E-state index in [-0.39, 0.29) is 11.3 Å². The highest BCUT2D eigenvalue weighted by Gasteiger charge is 2.08. The molecule has 0 heterocycles. The van der Waals surface area contributed by atoms with Crippen molar-refractivity contribution >= 4 is 15.8 Å². The van der Waals surface area contributed by atoms with Crippen LogP contribution in [0.25, 0.3) is 11.1 Å². The predicted molar refractivity (Wildman–Crippen MR) is 80.9 cm³/mol. The molecule has 0 aliphatic carbocycles. The van der Waals surface area contributed by atoms with Gasteiger partial charge in [0, 0.05) is 12.7 Å². The SMILES string of the molecule is CS(=O)(=O)c1cccc(-c2cccc(CCC(=O)O)c2)c1. The third kappa shape index (κ3) is 4.16. The second-order valence-electron chi connectivity index (χ2n) is 4.89. The van der Waals surface area contributed by atoms with Crippen molar-refractivity contribution in [3.63, 3.8) is 0 Å². The number of rotatable bonds is 5. The van der Waals surface area contributed by atoms with E-state index in [0.29, 0.717) is 6.42 Å². The van der Waals surface area contributed by atoms with Crippen LogP contribution < -0.4 is 0 Å². The molecule has 2 aromatic rings. The molecule has 110 valence electrons. The Bertz CT molecular complexity index is 763. The molecule has 1 N–H and O–H groups in total. The summed E-state index contributed by atoms with van der Waals surface area (Å²) in [5, 5.41) is 8.72. The fourth-order valence-corrected chi connectivity index (χ4v) is 2.73. The number of benzene rings is 2. The number of aliphatic carboxylic acids is 1. The fraction of sp³-hybridized carbons (Fsp3) is 0.188. The zero-order valence-corrected chi connectivity index (χ0v) is 12.4. The summed E-state index contributed by atoms with van der Waals surface area (Å²) in [5.41, 5.74) is 2.60. The van der Waals surface area contributed by atoms with Gasteiger partial charge < -0.3 is 5.11 Å². The molecule has 0 unspecified atom stereocenters. The van der Waals surface area contributed by atoms with Crippen LogP contribution in [0.5, 0.6) is 0 Å². The second-order valence-corrected chi connectivity index (χ2v) is 6.91. The second kappa shape index (κ2) is 6.10.